The van der Waals surface area contributed by atoms with E-state index in [9.17, 15) is 14.9 Å². The molecule has 0 radical (unpaired) electrons. The Morgan fingerprint density at radius 1 is 1.19 bits per heavy atom. The number of benzene rings is 2. The molecule has 2 aromatic rings. The molecule has 0 heterocycles. The average molecular weight is 428 g/mol. The average Bonchev–Trinajstić information content (AvgIpc) is 2.69. The van der Waals surface area contributed by atoms with Crippen molar-refractivity contribution in [2.45, 2.75) is 6.42 Å². The maximum Gasteiger partial charge on any atom is 0.339 e. The molecule has 0 aliphatic carbocycles. The van der Waals surface area contributed by atoms with Crippen molar-refractivity contribution in [3.8, 4) is 6.07 Å². The second-order valence-electron chi connectivity index (χ2n) is 5.46. The standard InChI is InChI=1S/C20H18BrN3O3/c1-27-20(26)16-7-3-5-9-18(16)24-19(25)15(12-22)13-23-11-10-14-6-2-4-8-17(14)21/h2-9,13,23H,10-11H2,1H3,(H,24,25)/b15-13-. The lowest BCUT2D eigenvalue weighted by Gasteiger charge is -2.09. The first-order valence-electron chi connectivity index (χ1n) is 8.12. The van der Waals surface area contributed by atoms with Gasteiger partial charge in [0.1, 0.15) is 11.6 Å². The van der Waals surface area contributed by atoms with Crippen LogP contribution in [0.15, 0.2) is 64.8 Å². The quantitative estimate of drug-likeness (QED) is 0.305. The lowest BCUT2D eigenvalue weighted by atomic mass is 10.1. The number of nitriles is 1. The second-order valence-corrected chi connectivity index (χ2v) is 6.31. The molecule has 0 aromatic heterocycles. The molecule has 0 bridgehead atoms. The zero-order chi connectivity index (χ0) is 19.6. The topological polar surface area (TPSA) is 91.2 Å². The van der Waals surface area contributed by atoms with Crippen LogP contribution in [0.5, 0.6) is 0 Å². The van der Waals surface area contributed by atoms with Crippen LogP contribution in [0, 0.1) is 11.3 Å². The van der Waals surface area contributed by atoms with Crippen molar-refractivity contribution in [1.29, 1.82) is 5.26 Å². The number of halogens is 1. The van der Waals surface area contributed by atoms with Crippen molar-refractivity contribution < 1.29 is 14.3 Å². The van der Waals surface area contributed by atoms with Crippen LogP contribution in [0.25, 0.3) is 0 Å². The van der Waals surface area contributed by atoms with Crippen molar-refractivity contribution in [3.05, 3.63) is 75.9 Å². The number of anilines is 1. The lowest BCUT2D eigenvalue weighted by Crippen LogP contribution is -2.19. The molecule has 27 heavy (non-hydrogen) atoms. The Balaban J connectivity index is 2.00. The van der Waals surface area contributed by atoms with Gasteiger partial charge in [-0.3, -0.25) is 4.79 Å². The highest BCUT2D eigenvalue weighted by Gasteiger charge is 2.15. The minimum absolute atomic E-state index is 0.0956. The Hall–Kier alpha value is -3.11. The molecular formula is C20H18BrN3O3. The minimum Gasteiger partial charge on any atom is -0.465 e. The number of para-hydroxylation sites is 1. The van der Waals surface area contributed by atoms with Crippen LogP contribution in [-0.2, 0) is 16.0 Å². The third kappa shape index (κ3) is 5.69. The number of amides is 1. The van der Waals surface area contributed by atoms with Gasteiger partial charge in [0.15, 0.2) is 0 Å². The predicted octanol–water partition coefficient (Wildman–Crippen LogP) is 3.41. The van der Waals surface area contributed by atoms with Gasteiger partial charge >= 0.3 is 5.97 Å². The van der Waals surface area contributed by atoms with E-state index in [1.165, 1.54) is 19.4 Å². The van der Waals surface area contributed by atoms with Gasteiger partial charge in [0.2, 0.25) is 0 Å². The summed E-state index contributed by atoms with van der Waals surface area (Å²) in [7, 11) is 1.26. The number of methoxy groups -OCH3 is 1. The van der Waals surface area contributed by atoms with Crippen molar-refractivity contribution in [3.63, 3.8) is 0 Å². The van der Waals surface area contributed by atoms with Crippen molar-refractivity contribution in [2.24, 2.45) is 0 Å². The number of nitrogens with zero attached hydrogens (tertiary/aromatic N) is 1. The van der Waals surface area contributed by atoms with Gasteiger partial charge in [0, 0.05) is 17.2 Å². The first-order valence-corrected chi connectivity index (χ1v) is 8.92. The number of hydrogen-bond donors (Lipinski definition) is 2. The summed E-state index contributed by atoms with van der Waals surface area (Å²) >= 11 is 3.48. The van der Waals surface area contributed by atoms with Gasteiger partial charge in [-0.15, -0.1) is 0 Å². The number of rotatable bonds is 7. The van der Waals surface area contributed by atoms with Crippen LogP contribution in [0.2, 0.25) is 0 Å². The van der Waals surface area contributed by atoms with Crippen LogP contribution >= 0.6 is 15.9 Å². The summed E-state index contributed by atoms with van der Waals surface area (Å²) in [4.78, 5) is 24.1. The zero-order valence-electron chi connectivity index (χ0n) is 14.7. The molecule has 1 amide bonds. The van der Waals surface area contributed by atoms with Gasteiger partial charge in [-0.05, 0) is 30.2 Å². The van der Waals surface area contributed by atoms with E-state index in [0.717, 1.165) is 16.5 Å². The molecule has 2 aromatic carbocycles. The van der Waals surface area contributed by atoms with Crippen LogP contribution in [-0.4, -0.2) is 25.5 Å². The van der Waals surface area contributed by atoms with Gasteiger partial charge in [-0.1, -0.05) is 46.3 Å². The Labute approximate surface area is 166 Å². The predicted molar refractivity (Wildman–Crippen MR) is 106 cm³/mol. The monoisotopic (exact) mass is 427 g/mol. The molecule has 138 valence electrons. The normalized spacial score (nSPS) is 10.6. The maximum atomic E-state index is 12.3. The molecule has 0 spiro atoms. The van der Waals surface area contributed by atoms with Crippen molar-refractivity contribution in [1.82, 2.24) is 5.32 Å². The number of esters is 1. The smallest absolute Gasteiger partial charge is 0.339 e. The Kier molecular flexibility index (Phi) is 7.59. The third-order valence-corrected chi connectivity index (χ3v) is 4.46. The summed E-state index contributed by atoms with van der Waals surface area (Å²) in [5.41, 5.74) is 1.52. The molecule has 0 fully saturated rings. The van der Waals surface area contributed by atoms with Crippen LogP contribution in [0.3, 0.4) is 0 Å². The molecule has 0 unspecified atom stereocenters. The molecule has 7 heteroatoms. The number of carbonyl (C=O) groups is 2. The summed E-state index contributed by atoms with van der Waals surface area (Å²) in [6, 6.07) is 16.1. The van der Waals surface area contributed by atoms with Crippen LogP contribution < -0.4 is 10.6 Å². The molecule has 2 rings (SSSR count). The fraction of sp³-hybridized carbons (Fsp3) is 0.150. The van der Waals surface area contributed by atoms with E-state index in [4.69, 9.17) is 4.74 Å². The van der Waals surface area contributed by atoms with E-state index in [2.05, 4.69) is 26.6 Å². The van der Waals surface area contributed by atoms with Crippen LogP contribution in [0.4, 0.5) is 5.69 Å². The highest BCUT2D eigenvalue weighted by molar-refractivity contribution is 9.10. The van der Waals surface area contributed by atoms with E-state index in [0.29, 0.717) is 6.54 Å². The number of hydrogen-bond acceptors (Lipinski definition) is 5. The maximum absolute atomic E-state index is 12.3. The summed E-state index contributed by atoms with van der Waals surface area (Å²) in [6.07, 6.45) is 2.09. The van der Waals surface area contributed by atoms with E-state index in [-0.39, 0.29) is 16.8 Å². The number of nitrogens with one attached hydrogen (secondary N) is 2. The molecule has 6 nitrogen and oxygen atoms in total. The summed E-state index contributed by atoms with van der Waals surface area (Å²) in [5, 5.41) is 14.8. The highest BCUT2D eigenvalue weighted by atomic mass is 79.9. The Morgan fingerprint density at radius 3 is 2.59 bits per heavy atom. The van der Waals surface area contributed by atoms with E-state index < -0.39 is 11.9 Å². The largest absolute Gasteiger partial charge is 0.465 e. The van der Waals surface area contributed by atoms with Crippen molar-refractivity contribution in [2.75, 3.05) is 19.0 Å². The first-order chi connectivity index (χ1) is 13.1. The highest BCUT2D eigenvalue weighted by Crippen LogP contribution is 2.17. The first kappa shape index (κ1) is 20.2. The summed E-state index contributed by atoms with van der Waals surface area (Å²) < 4.78 is 5.70. The molecule has 0 atom stereocenters. The SMILES string of the molecule is COC(=O)c1ccccc1NC(=O)/C(C#N)=C\NCCc1ccccc1Br. The fourth-order valence-electron chi connectivity index (χ4n) is 2.30. The molecule has 0 aliphatic rings. The summed E-state index contributed by atoms with van der Waals surface area (Å²) in [6.45, 7) is 0.555. The van der Waals surface area contributed by atoms with E-state index >= 15 is 0 Å². The van der Waals surface area contributed by atoms with Gasteiger partial charge in [-0.2, -0.15) is 5.26 Å². The lowest BCUT2D eigenvalue weighted by molar-refractivity contribution is -0.112. The van der Waals surface area contributed by atoms with Gasteiger partial charge in [-0.25, -0.2) is 4.79 Å². The zero-order valence-corrected chi connectivity index (χ0v) is 16.2. The van der Waals surface area contributed by atoms with E-state index in [1.807, 2.05) is 30.3 Å². The number of carbonyl (C=O) groups excluding carboxylic acids is 2. The van der Waals surface area contributed by atoms with Gasteiger partial charge in [0.05, 0.1) is 18.4 Å². The molecule has 2 N–H and O–H groups in total. The van der Waals surface area contributed by atoms with Crippen molar-refractivity contribution >= 4 is 33.5 Å². The number of ether oxygens (including phenoxy) is 1. The molecule has 0 aliphatic heterocycles. The van der Waals surface area contributed by atoms with E-state index in [1.54, 1.807) is 18.2 Å². The van der Waals surface area contributed by atoms with Gasteiger partial charge < -0.3 is 15.4 Å². The molecular weight excluding hydrogens is 410 g/mol. The Morgan fingerprint density at radius 2 is 1.89 bits per heavy atom. The second kappa shape index (κ2) is 10.1. The molecule has 0 saturated carbocycles. The molecule has 0 saturated heterocycles. The fourth-order valence-corrected chi connectivity index (χ4v) is 2.78. The third-order valence-electron chi connectivity index (χ3n) is 3.69. The van der Waals surface area contributed by atoms with Gasteiger partial charge in [0.25, 0.3) is 5.91 Å². The Bertz CT molecular complexity index is 903. The minimum atomic E-state index is -0.609. The summed E-state index contributed by atoms with van der Waals surface area (Å²) in [5.74, 6) is -1.18. The van der Waals surface area contributed by atoms with Crippen LogP contribution in [0.1, 0.15) is 15.9 Å².